The number of nitrogens with one attached hydrogen (secondary N) is 1. The minimum absolute atomic E-state index is 0.0631. The first-order chi connectivity index (χ1) is 11.5. The van der Waals surface area contributed by atoms with Crippen molar-refractivity contribution in [3.63, 3.8) is 0 Å². The first kappa shape index (κ1) is 15.1. The van der Waals surface area contributed by atoms with Crippen molar-refractivity contribution >= 4 is 23.1 Å². The highest BCUT2D eigenvalue weighted by Crippen LogP contribution is 2.57. The van der Waals surface area contributed by atoms with Crippen molar-refractivity contribution in [3.05, 3.63) is 48.2 Å². The number of nitrogens with zero attached hydrogens (tertiary/aromatic N) is 1. The number of anilines is 1. The molecule has 0 radical (unpaired) electrons. The normalized spacial score (nSPS) is 31.4. The van der Waals surface area contributed by atoms with Gasteiger partial charge >= 0.3 is 0 Å². The number of para-hydroxylation sites is 1. The van der Waals surface area contributed by atoms with Crippen LogP contribution in [0.25, 0.3) is 5.57 Å². The van der Waals surface area contributed by atoms with Crippen molar-refractivity contribution in [2.45, 2.75) is 38.3 Å². The Morgan fingerprint density at radius 3 is 2.88 bits per heavy atom. The Morgan fingerprint density at radius 1 is 1.29 bits per heavy atom. The third-order valence-corrected chi connectivity index (χ3v) is 5.73. The maximum Gasteiger partial charge on any atom is 0.253 e. The lowest BCUT2D eigenvalue weighted by atomic mass is 9.64. The smallest absolute Gasteiger partial charge is 0.253 e. The highest BCUT2D eigenvalue weighted by molar-refractivity contribution is 6.07. The van der Waals surface area contributed by atoms with E-state index in [1.54, 1.807) is 6.20 Å². The fourth-order valence-electron chi connectivity index (χ4n) is 4.33. The summed E-state index contributed by atoms with van der Waals surface area (Å²) in [7, 11) is 0. The average molecular weight is 324 g/mol. The van der Waals surface area contributed by atoms with Gasteiger partial charge in [-0.2, -0.15) is 0 Å². The predicted octanol–water partition coefficient (Wildman–Crippen LogP) is 2.65. The van der Waals surface area contributed by atoms with Crippen LogP contribution in [0.15, 0.2) is 42.6 Å². The summed E-state index contributed by atoms with van der Waals surface area (Å²) in [4.78, 5) is 26.3. The Morgan fingerprint density at radius 2 is 2.08 bits per heavy atom. The lowest BCUT2D eigenvalue weighted by molar-refractivity contribution is -0.160. The number of fused-ring (bicyclic) bond motifs is 2. The molecule has 4 rings (SSSR count). The molecule has 0 aromatic heterocycles. The Labute approximate surface area is 140 Å². The summed E-state index contributed by atoms with van der Waals surface area (Å²) in [6.45, 7) is 2.01. The van der Waals surface area contributed by atoms with E-state index in [4.69, 9.17) is 0 Å². The summed E-state index contributed by atoms with van der Waals surface area (Å²) in [5.74, 6) is -0.283. The summed E-state index contributed by atoms with van der Waals surface area (Å²) in [6, 6.07) is 7.35. The van der Waals surface area contributed by atoms with Crippen LogP contribution in [0.5, 0.6) is 0 Å². The topological polar surface area (TPSA) is 69.6 Å². The van der Waals surface area contributed by atoms with Gasteiger partial charge in [0, 0.05) is 40.9 Å². The van der Waals surface area contributed by atoms with E-state index in [1.165, 1.54) is 11.0 Å². The molecule has 0 saturated heterocycles. The first-order valence-electron chi connectivity index (χ1n) is 8.35. The predicted molar refractivity (Wildman–Crippen MR) is 90.6 cm³/mol. The van der Waals surface area contributed by atoms with Crippen LogP contribution in [0.1, 0.15) is 38.2 Å². The number of aliphatic hydroxyl groups is 1. The van der Waals surface area contributed by atoms with Crippen LogP contribution in [0.3, 0.4) is 0 Å². The SMILES string of the molecule is CC[C@@]12CC=CN3C(=O)C=C(c4ccccc4NC(=O)CC1)[C@]32O. The number of rotatable bonds is 1. The van der Waals surface area contributed by atoms with E-state index in [0.29, 0.717) is 42.5 Å². The van der Waals surface area contributed by atoms with Gasteiger partial charge in [0.1, 0.15) is 0 Å². The molecular formula is C19H20N2O3. The highest BCUT2D eigenvalue weighted by Gasteiger charge is 2.60. The molecule has 2 N–H and O–H groups in total. The summed E-state index contributed by atoms with van der Waals surface area (Å²) in [5.41, 5.74) is -0.0705. The van der Waals surface area contributed by atoms with Crippen molar-refractivity contribution in [3.8, 4) is 0 Å². The zero-order valence-corrected chi connectivity index (χ0v) is 13.6. The average Bonchev–Trinajstić information content (AvgIpc) is 2.86. The zero-order chi connectivity index (χ0) is 16.9. The lowest BCUT2D eigenvalue weighted by Gasteiger charge is -2.51. The number of allylic oxidation sites excluding steroid dienone is 1. The molecule has 124 valence electrons. The molecule has 24 heavy (non-hydrogen) atoms. The molecule has 5 heteroatoms. The van der Waals surface area contributed by atoms with Crippen LogP contribution in [0.2, 0.25) is 0 Å². The Balaban J connectivity index is 2.01. The molecule has 2 atom stereocenters. The molecular weight excluding hydrogens is 304 g/mol. The van der Waals surface area contributed by atoms with Crippen molar-refractivity contribution in [2.24, 2.45) is 5.41 Å². The van der Waals surface area contributed by atoms with Crippen molar-refractivity contribution in [2.75, 3.05) is 5.32 Å². The fraction of sp³-hybridized carbons (Fsp3) is 0.368. The molecule has 0 aliphatic carbocycles. The number of carbonyl (C=O) groups is 2. The van der Waals surface area contributed by atoms with E-state index in [1.807, 2.05) is 37.3 Å². The highest BCUT2D eigenvalue weighted by atomic mass is 16.3. The standard InChI is InChI=1S/C19H20N2O3/c1-2-18-9-5-11-21-17(23)12-14(19(18,21)24)13-6-3-4-7-15(13)20-16(22)8-10-18/h3-7,11-12,24H,2,8-10H2,1H3,(H,20,22)/t18-,19-/m1/s1. The van der Waals surface area contributed by atoms with Crippen LogP contribution in [-0.2, 0) is 9.59 Å². The fourth-order valence-corrected chi connectivity index (χ4v) is 4.33. The van der Waals surface area contributed by atoms with Crippen molar-refractivity contribution in [1.82, 2.24) is 4.90 Å². The van der Waals surface area contributed by atoms with Gasteiger partial charge in [-0.1, -0.05) is 31.2 Å². The summed E-state index contributed by atoms with van der Waals surface area (Å²) in [5, 5.41) is 14.7. The molecule has 0 spiro atoms. The van der Waals surface area contributed by atoms with E-state index < -0.39 is 11.1 Å². The number of benzene rings is 1. The van der Waals surface area contributed by atoms with Gasteiger partial charge in [0.2, 0.25) is 5.91 Å². The van der Waals surface area contributed by atoms with E-state index in [-0.39, 0.29) is 11.8 Å². The minimum atomic E-state index is -1.42. The zero-order valence-electron chi connectivity index (χ0n) is 13.6. The van der Waals surface area contributed by atoms with E-state index in [0.717, 1.165) is 0 Å². The maximum atomic E-state index is 12.6. The monoisotopic (exact) mass is 324 g/mol. The molecule has 3 heterocycles. The largest absolute Gasteiger partial charge is 0.366 e. The van der Waals surface area contributed by atoms with E-state index >= 15 is 0 Å². The van der Waals surface area contributed by atoms with Gasteiger partial charge in [0.25, 0.3) is 5.91 Å². The van der Waals surface area contributed by atoms with Crippen LogP contribution < -0.4 is 5.32 Å². The van der Waals surface area contributed by atoms with Gasteiger partial charge in [-0.25, -0.2) is 0 Å². The van der Waals surface area contributed by atoms with E-state index in [9.17, 15) is 14.7 Å². The third-order valence-electron chi connectivity index (χ3n) is 5.73. The van der Waals surface area contributed by atoms with Gasteiger partial charge in [-0.3, -0.25) is 14.5 Å². The lowest BCUT2D eigenvalue weighted by Crippen LogP contribution is -2.59. The molecule has 0 saturated carbocycles. The maximum absolute atomic E-state index is 12.6. The van der Waals surface area contributed by atoms with Gasteiger partial charge < -0.3 is 10.4 Å². The molecule has 1 aromatic carbocycles. The van der Waals surface area contributed by atoms with Crippen LogP contribution in [0.4, 0.5) is 5.69 Å². The second-order valence-electron chi connectivity index (χ2n) is 6.76. The second kappa shape index (κ2) is 5.05. The quantitative estimate of drug-likeness (QED) is 0.834. The molecule has 0 bridgehead atoms. The molecule has 0 fully saturated rings. The van der Waals surface area contributed by atoms with E-state index in [2.05, 4.69) is 5.32 Å². The molecule has 0 unspecified atom stereocenters. The van der Waals surface area contributed by atoms with Crippen LogP contribution in [-0.4, -0.2) is 27.5 Å². The van der Waals surface area contributed by atoms with Crippen LogP contribution >= 0.6 is 0 Å². The number of carbonyl (C=O) groups excluding carboxylic acids is 2. The number of hydrogen-bond acceptors (Lipinski definition) is 3. The molecule has 3 aliphatic rings. The molecule has 5 nitrogen and oxygen atoms in total. The first-order valence-corrected chi connectivity index (χ1v) is 8.35. The number of hydrogen-bond donors (Lipinski definition) is 2. The Kier molecular flexibility index (Phi) is 3.18. The van der Waals surface area contributed by atoms with Crippen LogP contribution in [0, 0.1) is 5.41 Å². The molecule has 2 amide bonds. The van der Waals surface area contributed by atoms with Gasteiger partial charge in [0.15, 0.2) is 5.72 Å². The van der Waals surface area contributed by atoms with Gasteiger partial charge in [-0.15, -0.1) is 0 Å². The summed E-state index contributed by atoms with van der Waals surface area (Å²) in [6.07, 6.45) is 7.25. The van der Waals surface area contributed by atoms with Gasteiger partial charge in [0.05, 0.1) is 0 Å². The molecule has 3 aliphatic heterocycles. The third kappa shape index (κ3) is 1.79. The second-order valence-corrected chi connectivity index (χ2v) is 6.76. The van der Waals surface area contributed by atoms with Crippen molar-refractivity contribution < 1.29 is 14.7 Å². The Hall–Kier alpha value is -2.40. The summed E-state index contributed by atoms with van der Waals surface area (Å²) < 4.78 is 0. The van der Waals surface area contributed by atoms with Crippen molar-refractivity contribution in [1.29, 1.82) is 0 Å². The van der Waals surface area contributed by atoms with Gasteiger partial charge in [-0.05, 0) is 25.3 Å². The summed E-state index contributed by atoms with van der Waals surface area (Å²) >= 11 is 0. The minimum Gasteiger partial charge on any atom is -0.366 e. The number of amides is 2. The Bertz CT molecular complexity index is 798. The molecule has 1 aromatic rings.